The molecule has 0 fully saturated rings. The van der Waals surface area contributed by atoms with Gasteiger partial charge in [0.1, 0.15) is 0 Å². The number of esters is 1. The summed E-state index contributed by atoms with van der Waals surface area (Å²) >= 11 is 0. The summed E-state index contributed by atoms with van der Waals surface area (Å²) in [5.74, 6) is -0.0831. The van der Waals surface area contributed by atoms with Crippen LogP contribution in [0.25, 0.3) is 0 Å². The standard InChI is InChI=1S/C20H36O2/c1-4-5-6-7-8-10-13-16-19(2)17-14-11-9-12-15-18-20(21)22-3/h10,13,16H,4-9,11-12,14-15,17-18H2,1-3H3/b13-10+,19-16+. The van der Waals surface area contributed by atoms with E-state index in [1.165, 1.54) is 70.5 Å². The zero-order chi connectivity index (χ0) is 16.5. The molecule has 2 nitrogen and oxygen atoms in total. The summed E-state index contributed by atoms with van der Waals surface area (Å²) in [6.07, 6.45) is 20.9. The summed E-state index contributed by atoms with van der Waals surface area (Å²) in [6, 6.07) is 0. The summed E-state index contributed by atoms with van der Waals surface area (Å²) in [7, 11) is 1.46. The number of carbonyl (C=O) groups excluding carboxylic acids is 1. The van der Waals surface area contributed by atoms with Crippen molar-refractivity contribution in [2.45, 2.75) is 90.9 Å². The summed E-state index contributed by atoms with van der Waals surface area (Å²) < 4.78 is 4.63. The van der Waals surface area contributed by atoms with E-state index in [1.807, 2.05) is 0 Å². The highest BCUT2D eigenvalue weighted by molar-refractivity contribution is 5.68. The second-order valence-corrected chi connectivity index (χ2v) is 6.13. The van der Waals surface area contributed by atoms with Gasteiger partial charge in [-0.1, -0.05) is 69.2 Å². The molecular formula is C20H36O2. The highest BCUT2D eigenvalue weighted by Gasteiger charge is 1.99. The van der Waals surface area contributed by atoms with Crippen LogP contribution in [0, 0.1) is 0 Å². The van der Waals surface area contributed by atoms with Crippen LogP contribution in [0.5, 0.6) is 0 Å². The maximum atomic E-state index is 11.0. The average Bonchev–Trinajstić information content (AvgIpc) is 2.52. The van der Waals surface area contributed by atoms with E-state index in [2.05, 4.69) is 36.8 Å². The topological polar surface area (TPSA) is 26.3 Å². The van der Waals surface area contributed by atoms with Crippen LogP contribution in [0.15, 0.2) is 23.8 Å². The molecule has 128 valence electrons. The van der Waals surface area contributed by atoms with Gasteiger partial charge in [-0.05, 0) is 39.0 Å². The van der Waals surface area contributed by atoms with Gasteiger partial charge in [-0.2, -0.15) is 0 Å². The number of allylic oxidation sites excluding steroid dienone is 4. The molecule has 0 saturated carbocycles. The highest BCUT2D eigenvalue weighted by atomic mass is 16.5. The van der Waals surface area contributed by atoms with Gasteiger partial charge in [0.15, 0.2) is 0 Å². The molecule has 0 aliphatic heterocycles. The lowest BCUT2D eigenvalue weighted by atomic mass is 10.1. The zero-order valence-electron chi connectivity index (χ0n) is 15.0. The quantitative estimate of drug-likeness (QED) is 0.212. The van der Waals surface area contributed by atoms with E-state index in [9.17, 15) is 4.79 Å². The molecule has 0 rings (SSSR count). The monoisotopic (exact) mass is 308 g/mol. The normalized spacial score (nSPS) is 12.0. The molecule has 0 aliphatic rings. The van der Waals surface area contributed by atoms with Crippen LogP contribution >= 0.6 is 0 Å². The third kappa shape index (κ3) is 15.3. The molecule has 0 bridgehead atoms. The first kappa shape index (κ1) is 20.9. The van der Waals surface area contributed by atoms with Crippen LogP contribution in [0.4, 0.5) is 0 Å². The Kier molecular flexibility index (Phi) is 15.5. The van der Waals surface area contributed by atoms with Crippen LogP contribution in [0.1, 0.15) is 90.9 Å². The fraction of sp³-hybridized carbons (Fsp3) is 0.750. The Balaban J connectivity index is 3.44. The fourth-order valence-electron chi connectivity index (χ4n) is 2.41. The van der Waals surface area contributed by atoms with Crippen molar-refractivity contribution in [3.05, 3.63) is 23.8 Å². The Labute approximate surface area is 138 Å². The van der Waals surface area contributed by atoms with Gasteiger partial charge >= 0.3 is 5.97 Å². The number of carbonyl (C=O) groups is 1. The lowest BCUT2D eigenvalue weighted by molar-refractivity contribution is -0.140. The minimum atomic E-state index is -0.0831. The molecule has 0 aromatic rings. The van der Waals surface area contributed by atoms with Gasteiger partial charge in [-0.25, -0.2) is 0 Å². The van der Waals surface area contributed by atoms with E-state index < -0.39 is 0 Å². The summed E-state index contributed by atoms with van der Waals surface area (Å²) in [6.45, 7) is 4.47. The number of hydrogen-bond donors (Lipinski definition) is 0. The molecule has 0 atom stereocenters. The van der Waals surface area contributed by atoms with Crippen LogP contribution in [-0.4, -0.2) is 13.1 Å². The first-order valence-corrected chi connectivity index (χ1v) is 9.09. The predicted molar refractivity (Wildman–Crippen MR) is 96.0 cm³/mol. The molecule has 0 N–H and O–H groups in total. The third-order valence-electron chi connectivity index (χ3n) is 3.92. The van der Waals surface area contributed by atoms with E-state index in [-0.39, 0.29) is 5.97 Å². The Morgan fingerprint density at radius 3 is 2.23 bits per heavy atom. The lowest BCUT2D eigenvalue weighted by Crippen LogP contribution is -1.99. The first-order valence-electron chi connectivity index (χ1n) is 9.09. The van der Waals surface area contributed by atoms with Crippen LogP contribution in [0.2, 0.25) is 0 Å². The number of unbranched alkanes of at least 4 members (excludes halogenated alkanes) is 8. The van der Waals surface area contributed by atoms with Gasteiger partial charge in [0.05, 0.1) is 7.11 Å². The minimum absolute atomic E-state index is 0.0831. The molecule has 22 heavy (non-hydrogen) atoms. The number of ether oxygens (including phenoxy) is 1. The van der Waals surface area contributed by atoms with Gasteiger partial charge in [0, 0.05) is 6.42 Å². The summed E-state index contributed by atoms with van der Waals surface area (Å²) in [4.78, 5) is 11.0. The van der Waals surface area contributed by atoms with Gasteiger partial charge in [-0.3, -0.25) is 4.79 Å². The Bertz CT molecular complexity index is 316. The number of rotatable bonds is 14. The average molecular weight is 309 g/mol. The van der Waals surface area contributed by atoms with Crippen molar-refractivity contribution in [1.29, 1.82) is 0 Å². The van der Waals surface area contributed by atoms with Gasteiger partial charge in [-0.15, -0.1) is 0 Å². The van der Waals surface area contributed by atoms with E-state index >= 15 is 0 Å². The first-order chi connectivity index (χ1) is 10.7. The second kappa shape index (κ2) is 16.3. The predicted octanol–water partition coefficient (Wildman–Crippen LogP) is 6.36. The maximum absolute atomic E-state index is 11.0. The van der Waals surface area contributed by atoms with Crippen LogP contribution < -0.4 is 0 Å². The lowest BCUT2D eigenvalue weighted by Gasteiger charge is -2.02. The molecule has 0 aromatic carbocycles. The number of methoxy groups -OCH3 is 1. The molecule has 0 radical (unpaired) electrons. The van der Waals surface area contributed by atoms with E-state index in [0.29, 0.717) is 6.42 Å². The fourth-order valence-corrected chi connectivity index (χ4v) is 2.41. The molecule has 0 heterocycles. The second-order valence-electron chi connectivity index (χ2n) is 6.13. The van der Waals surface area contributed by atoms with Crippen molar-refractivity contribution in [1.82, 2.24) is 0 Å². The molecule has 0 spiro atoms. The maximum Gasteiger partial charge on any atom is 0.305 e. The molecular weight excluding hydrogens is 272 g/mol. The Morgan fingerprint density at radius 1 is 0.909 bits per heavy atom. The van der Waals surface area contributed by atoms with Crippen LogP contribution in [-0.2, 0) is 9.53 Å². The van der Waals surface area contributed by atoms with Crippen molar-refractivity contribution in [3.63, 3.8) is 0 Å². The number of hydrogen-bond acceptors (Lipinski definition) is 2. The molecule has 0 aliphatic carbocycles. The van der Waals surface area contributed by atoms with Crippen molar-refractivity contribution >= 4 is 5.97 Å². The summed E-state index contributed by atoms with van der Waals surface area (Å²) in [5, 5.41) is 0. The Morgan fingerprint density at radius 2 is 1.55 bits per heavy atom. The highest BCUT2D eigenvalue weighted by Crippen LogP contribution is 2.12. The smallest absolute Gasteiger partial charge is 0.305 e. The molecule has 0 unspecified atom stereocenters. The molecule has 0 amide bonds. The van der Waals surface area contributed by atoms with Gasteiger partial charge in [0.25, 0.3) is 0 Å². The van der Waals surface area contributed by atoms with Crippen molar-refractivity contribution in [3.8, 4) is 0 Å². The van der Waals surface area contributed by atoms with E-state index in [4.69, 9.17) is 0 Å². The van der Waals surface area contributed by atoms with Crippen molar-refractivity contribution in [2.24, 2.45) is 0 Å². The largest absolute Gasteiger partial charge is 0.469 e. The van der Waals surface area contributed by atoms with Gasteiger partial charge < -0.3 is 4.74 Å². The minimum Gasteiger partial charge on any atom is -0.469 e. The van der Waals surface area contributed by atoms with E-state index in [0.717, 1.165) is 12.8 Å². The molecule has 0 aromatic heterocycles. The SMILES string of the molecule is CCCCCC/C=C/C=C(\C)CCCCCCCC(=O)OC. The van der Waals surface area contributed by atoms with Gasteiger partial charge in [0.2, 0.25) is 0 Å². The van der Waals surface area contributed by atoms with E-state index in [1.54, 1.807) is 0 Å². The van der Waals surface area contributed by atoms with Crippen LogP contribution in [0.3, 0.4) is 0 Å². The van der Waals surface area contributed by atoms with Crippen molar-refractivity contribution < 1.29 is 9.53 Å². The molecule has 0 saturated heterocycles. The van der Waals surface area contributed by atoms with Crippen molar-refractivity contribution in [2.75, 3.05) is 7.11 Å². The Hall–Kier alpha value is -1.05. The zero-order valence-corrected chi connectivity index (χ0v) is 15.0. The molecule has 2 heteroatoms. The summed E-state index contributed by atoms with van der Waals surface area (Å²) in [5.41, 5.74) is 1.47. The third-order valence-corrected chi connectivity index (χ3v) is 3.92.